The number of amides is 2. The molecule has 0 aliphatic heterocycles. The summed E-state index contributed by atoms with van der Waals surface area (Å²) in [5.41, 5.74) is 2.06. The first-order chi connectivity index (χ1) is 34.2. The quantitative estimate of drug-likeness (QED) is 0.0570. The highest BCUT2D eigenvalue weighted by molar-refractivity contribution is 6.01. The minimum atomic E-state index is -1.21. The summed E-state index contributed by atoms with van der Waals surface area (Å²) >= 11 is 0. The molecule has 2 amide bonds. The molecule has 0 unspecified atom stereocenters. The van der Waals surface area contributed by atoms with Crippen molar-refractivity contribution in [3.05, 3.63) is 71.8 Å². The lowest BCUT2D eigenvalue weighted by Gasteiger charge is -2.39. The van der Waals surface area contributed by atoms with Gasteiger partial charge >= 0.3 is 54.0 Å². The number of hydrogen-bond donors (Lipinski definition) is 6. The van der Waals surface area contributed by atoms with Crippen LogP contribution in [-0.4, -0.2) is 112 Å². The number of hydrogen-bond acceptors (Lipinski definition) is 16. The highest BCUT2D eigenvalue weighted by atomic mass is 16.6. The normalized spacial score (nSPS) is 18.0. The van der Waals surface area contributed by atoms with Crippen molar-refractivity contribution in [1.29, 1.82) is 0 Å². The average molecular weight is 1010 g/mol. The molecule has 7 N–H and O–H groups in total. The van der Waals surface area contributed by atoms with Crippen molar-refractivity contribution >= 4 is 54.0 Å². The molecule has 0 bridgehead atoms. The van der Waals surface area contributed by atoms with Crippen molar-refractivity contribution in [3.8, 4) is 0 Å². The molecule has 72 heavy (non-hydrogen) atoms. The summed E-state index contributed by atoms with van der Waals surface area (Å²) in [6, 6.07) is 18.6. The monoisotopic (exact) mass is 1010 g/mol. The zero-order valence-electron chi connectivity index (χ0n) is 41.7. The molecule has 2 aromatic rings. The molecule has 0 spiro atoms. The van der Waals surface area contributed by atoms with Crippen molar-refractivity contribution in [3.63, 3.8) is 0 Å². The third-order valence-corrected chi connectivity index (χ3v) is 13.1. The molecule has 7 rings (SSSR count). The Morgan fingerprint density at radius 3 is 1.01 bits per heavy atom. The van der Waals surface area contributed by atoms with Crippen LogP contribution < -0.4 is 16.4 Å². The van der Waals surface area contributed by atoms with Crippen LogP contribution in [0.15, 0.2) is 60.7 Å². The van der Waals surface area contributed by atoms with Gasteiger partial charge in [0.2, 0.25) is 0 Å². The van der Waals surface area contributed by atoms with E-state index in [4.69, 9.17) is 49.5 Å². The van der Waals surface area contributed by atoms with Crippen molar-refractivity contribution in [2.24, 2.45) is 16.6 Å². The van der Waals surface area contributed by atoms with E-state index in [0.29, 0.717) is 84.0 Å². The fraction of sp³-hybridized carbons (Fsp3) is 0.588. The zero-order valence-corrected chi connectivity index (χ0v) is 41.7. The predicted octanol–water partition coefficient (Wildman–Crippen LogP) is 6.36. The lowest BCUT2D eigenvalue weighted by molar-refractivity contribution is -0.179. The van der Waals surface area contributed by atoms with Gasteiger partial charge in [0.15, 0.2) is 10.8 Å². The van der Waals surface area contributed by atoms with Crippen LogP contribution in [0.3, 0.4) is 0 Å². The van der Waals surface area contributed by atoms with Gasteiger partial charge < -0.3 is 60.1 Å². The van der Waals surface area contributed by atoms with Gasteiger partial charge in [-0.25, -0.2) is 19.2 Å². The van der Waals surface area contributed by atoms with Crippen molar-refractivity contribution < 1.29 is 86.9 Å². The number of rotatable bonds is 17. The predicted molar refractivity (Wildman–Crippen MR) is 255 cm³/mol. The lowest BCUT2D eigenvalue weighted by Crippen LogP contribution is -2.59. The summed E-state index contributed by atoms with van der Waals surface area (Å²) < 4.78 is 29.6. The van der Waals surface area contributed by atoms with Crippen molar-refractivity contribution in [2.45, 2.75) is 154 Å². The molecule has 5 fully saturated rings. The summed E-state index contributed by atoms with van der Waals surface area (Å²) in [5, 5.41) is 31.3. The Kier molecular flexibility index (Phi) is 23.4. The molecular weight excluding hydrogens is 943 g/mol. The van der Waals surface area contributed by atoms with E-state index in [1.165, 1.54) is 0 Å². The number of esters is 4. The van der Waals surface area contributed by atoms with Gasteiger partial charge in [-0.05, 0) is 135 Å². The van der Waals surface area contributed by atoms with Crippen molar-refractivity contribution in [1.82, 2.24) is 10.6 Å². The summed E-state index contributed by atoms with van der Waals surface area (Å²) in [6.07, 6.45) is 8.46. The van der Waals surface area contributed by atoms with Crippen LogP contribution in [-0.2, 0) is 75.2 Å². The fourth-order valence-electron chi connectivity index (χ4n) is 7.65. The van der Waals surface area contributed by atoms with Crippen LogP contribution in [0.2, 0.25) is 0 Å². The van der Waals surface area contributed by atoms with Crippen LogP contribution in [0.1, 0.15) is 135 Å². The van der Waals surface area contributed by atoms with Crippen LogP contribution in [0.4, 0.5) is 9.59 Å². The van der Waals surface area contributed by atoms with E-state index in [0.717, 1.165) is 43.2 Å². The highest BCUT2D eigenvalue weighted by Crippen LogP contribution is 2.44. The number of ether oxygens (including phenoxy) is 6. The molecule has 0 atom stereocenters. The second kappa shape index (κ2) is 28.3. The molecule has 0 saturated heterocycles. The Morgan fingerprint density at radius 2 is 0.764 bits per heavy atom. The lowest BCUT2D eigenvalue weighted by atomic mass is 9.69. The Labute approximate surface area is 419 Å². The van der Waals surface area contributed by atoms with Crippen LogP contribution in [0.25, 0.3) is 0 Å². The molecule has 2 aromatic carbocycles. The number of carbonyl (C=O) groups excluding carboxylic acids is 6. The molecule has 5 aliphatic carbocycles. The molecule has 0 aromatic heterocycles. The Hall–Kier alpha value is -6.77. The second-order valence-corrected chi connectivity index (χ2v) is 17.9. The molecule has 0 radical (unpaired) electrons. The van der Waals surface area contributed by atoms with Crippen LogP contribution in [0.5, 0.6) is 0 Å². The highest BCUT2D eigenvalue weighted by Gasteiger charge is 2.54. The maximum absolute atomic E-state index is 11.9. The topological polar surface area (TPSA) is 320 Å². The maximum atomic E-state index is 11.9. The van der Waals surface area contributed by atoms with E-state index in [-0.39, 0.29) is 25.8 Å². The number of carboxylic acids is 3. The molecule has 5 aliphatic rings. The number of benzene rings is 2. The van der Waals surface area contributed by atoms with Crippen molar-refractivity contribution in [2.75, 3.05) is 26.4 Å². The molecule has 21 nitrogen and oxygen atoms in total. The van der Waals surface area contributed by atoms with Gasteiger partial charge in [0.1, 0.15) is 29.8 Å². The zero-order chi connectivity index (χ0) is 53.4. The molecular formula is C51H71N3O18. The number of nitrogens with two attached hydrogens (primary N) is 1. The average Bonchev–Trinajstić information content (AvgIpc) is 3.27. The molecule has 5 saturated carbocycles. The van der Waals surface area contributed by atoms with Gasteiger partial charge in [-0.15, -0.1) is 0 Å². The summed E-state index contributed by atoms with van der Waals surface area (Å²) in [4.78, 5) is 101. The van der Waals surface area contributed by atoms with Gasteiger partial charge in [0.25, 0.3) is 0 Å². The van der Waals surface area contributed by atoms with E-state index >= 15 is 0 Å². The van der Waals surface area contributed by atoms with Gasteiger partial charge in [0, 0.05) is 0 Å². The summed E-state index contributed by atoms with van der Waals surface area (Å²) in [5.74, 6) is -4.71. The van der Waals surface area contributed by atoms with E-state index in [9.17, 15) is 43.2 Å². The minimum absolute atomic E-state index is 0.141. The largest absolute Gasteiger partial charge is 0.480 e. The summed E-state index contributed by atoms with van der Waals surface area (Å²) in [6.45, 7) is 8.37. The van der Waals surface area contributed by atoms with E-state index < -0.39 is 75.4 Å². The number of nitrogens with one attached hydrogen (secondary N) is 2. The first kappa shape index (κ1) is 59.5. The van der Waals surface area contributed by atoms with Gasteiger partial charge in [-0.1, -0.05) is 60.7 Å². The van der Waals surface area contributed by atoms with E-state index in [1.54, 1.807) is 27.7 Å². The fourth-order valence-corrected chi connectivity index (χ4v) is 7.65. The Bertz CT molecular complexity index is 2110. The number of carboxylic acid groups (broad SMARTS) is 3. The Balaban J connectivity index is 0.000000245. The van der Waals surface area contributed by atoms with Gasteiger partial charge in [0.05, 0.1) is 26.4 Å². The van der Waals surface area contributed by atoms with Crippen LogP contribution in [0, 0.1) is 10.8 Å². The summed E-state index contributed by atoms with van der Waals surface area (Å²) in [7, 11) is 0. The van der Waals surface area contributed by atoms with E-state index in [1.807, 2.05) is 60.7 Å². The molecule has 398 valence electrons. The third-order valence-electron chi connectivity index (χ3n) is 13.1. The smallest absolute Gasteiger partial charge is 0.408 e. The second-order valence-electron chi connectivity index (χ2n) is 17.9. The third kappa shape index (κ3) is 16.1. The number of aliphatic carboxylic acids is 3. The molecule has 21 heteroatoms. The maximum Gasteiger partial charge on any atom is 0.408 e. The number of carbonyl (C=O) groups is 9. The van der Waals surface area contributed by atoms with Crippen LogP contribution >= 0.6 is 0 Å². The molecule has 0 heterocycles. The number of alkyl carbamates (subject to hydrolysis) is 2. The first-order valence-electron chi connectivity index (χ1n) is 24.4. The standard InChI is InChI=1S/C15H19NO4.C13H15NO4.C10H16O4.C8H12O4.C5H9NO2/c1-2-19-13(17)15(9-6-10-15)16-14(18)20-11-12-7-4-3-5-8-12;15-11(16)13(7-4-8-13)14-12(17)18-9-10-5-2-1-3-6-10;1-3-13-8(11)10(6-5-7-10)9(12)14-4-2;1-2-12-7(11)8(6(9)10)4-3-5-8;6-5(4(7)8)2-1-3-5/h3-5,7-8H,2,6,9-11H2,1H3,(H,16,18);1-3,5-6H,4,7-9H2,(H,14,17)(H,15,16);3-7H2,1-2H3;2-5H2,1H3,(H,9,10);1-3,6H2,(H,7,8). The SMILES string of the molecule is CCOC(=O)C1(C(=O)O)CCC1.CCOC(=O)C1(C(=O)OCC)CCC1.CCOC(=O)C1(NC(=O)OCc2ccccc2)CCC1.NC1(C(=O)O)CCC1.O=C(NC1(C(=O)O)CCC1)OCc1ccccc1. The van der Waals surface area contributed by atoms with E-state index in [2.05, 4.69) is 10.6 Å². The Morgan fingerprint density at radius 1 is 0.431 bits per heavy atom. The van der Waals surface area contributed by atoms with Gasteiger partial charge in [-0.3, -0.25) is 24.0 Å². The van der Waals surface area contributed by atoms with Gasteiger partial charge in [-0.2, -0.15) is 0 Å². The minimum Gasteiger partial charge on any atom is -0.480 e. The first-order valence-corrected chi connectivity index (χ1v) is 24.4.